The van der Waals surface area contributed by atoms with Crippen molar-refractivity contribution in [2.24, 2.45) is 5.92 Å². The second-order valence-corrected chi connectivity index (χ2v) is 4.58. The third kappa shape index (κ3) is 3.17. The molecule has 0 amide bonds. The van der Waals surface area contributed by atoms with E-state index in [1.54, 1.807) is 0 Å². The summed E-state index contributed by atoms with van der Waals surface area (Å²) < 4.78 is 42.6. The lowest BCUT2D eigenvalue weighted by Crippen LogP contribution is -2.42. The highest BCUT2D eigenvalue weighted by molar-refractivity contribution is 5.86. The molecule has 8 heteroatoms. The average molecular weight is 289 g/mol. The Hall–Kier alpha value is -1.86. The van der Waals surface area contributed by atoms with E-state index in [4.69, 9.17) is 0 Å². The van der Waals surface area contributed by atoms with Crippen LogP contribution in [0.15, 0.2) is 12.4 Å². The van der Waals surface area contributed by atoms with Crippen molar-refractivity contribution in [3.63, 3.8) is 0 Å². The highest BCUT2D eigenvalue weighted by Gasteiger charge is 2.42. The van der Waals surface area contributed by atoms with Gasteiger partial charge < -0.3 is 9.64 Å². The average Bonchev–Trinajstić information content (AvgIpc) is 2.46. The third-order valence-electron chi connectivity index (χ3n) is 3.24. The second kappa shape index (κ2) is 5.64. The largest absolute Gasteiger partial charge is 0.464 e. The van der Waals surface area contributed by atoms with E-state index < -0.39 is 18.1 Å². The number of alkyl halides is 3. The lowest BCUT2D eigenvalue weighted by atomic mass is 9.97. The summed E-state index contributed by atoms with van der Waals surface area (Å²) in [6.07, 6.45) is -1.11. The molecule has 0 spiro atoms. The molecule has 0 aromatic carbocycles. The third-order valence-corrected chi connectivity index (χ3v) is 3.24. The van der Waals surface area contributed by atoms with Crippen LogP contribution in [0.3, 0.4) is 0 Å². The smallest absolute Gasteiger partial charge is 0.393 e. The molecule has 2 heterocycles. The van der Waals surface area contributed by atoms with Crippen LogP contribution in [-0.4, -0.2) is 42.3 Å². The van der Waals surface area contributed by atoms with Gasteiger partial charge in [0.05, 0.1) is 25.4 Å². The zero-order valence-electron chi connectivity index (χ0n) is 10.9. The van der Waals surface area contributed by atoms with Crippen molar-refractivity contribution in [1.29, 1.82) is 0 Å². The molecule has 1 saturated heterocycles. The maximum atomic E-state index is 12.7. The van der Waals surface area contributed by atoms with Crippen molar-refractivity contribution in [2.45, 2.75) is 19.0 Å². The molecule has 1 aliphatic rings. The zero-order chi connectivity index (χ0) is 14.8. The number of piperidine rings is 1. The first kappa shape index (κ1) is 14.5. The predicted molar refractivity (Wildman–Crippen MR) is 64.4 cm³/mol. The van der Waals surface area contributed by atoms with Gasteiger partial charge in [-0.05, 0) is 12.8 Å². The Labute approximate surface area is 113 Å². The molecular formula is C12H14F3N3O2. The van der Waals surface area contributed by atoms with E-state index >= 15 is 0 Å². The minimum atomic E-state index is -4.20. The summed E-state index contributed by atoms with van der Waals surface area (Å²) in [7, 11) is 1.22. The molecule has 0 radical (unpaired) electrons. The van der Waals surface area contributed by atoms with Crippen LogP contribution >= 0.6 is 0 Å². The second-order valence-electron chi connectivity index (χ2n) is 4.58. The molecule has 0 aliphatic carbocycles. The van der Waals surface area contributed by atoms with Crippen LogP contribution in [0.2, 0.25) is 0 Å². The number of aromatic nitrogens is 2. The van der Waals surface area contributed by atoms with Crippen molar-refractivity contribution >= 4 is 11.8 Å². The summed E-state index contributed by atoms with van der Waals surface area (Å²) >= 11 is 0. The van der Waals surface area contributed by atoms with Crippen LogP contribution in [0.1, 0.15) is 23.3 Å². The van der Waals surface area contributed by atoms with E-state index in [9.17, 15) is 18.0 Å². The lowest BCUT2D eigenvalue weighted by molar-refractivity contribution is -0.176. The zero-order valence-corrected chi connectivity index (χ0v) is 10.9. The van der Waals surface area contributed by atoms with Gasteiger partial charge in [0.25, 0.3) is 0 Å². The number of ether oxygens (including phenoxy) is 1. The quantitative estimate of drug-likeness (QED) is 0.780. The molecule has 1 aromatic heterocycles. The van der Waals surface area contributed by atoms with Crippen LogP contribution in [0.25, 0.3) is 0 Å². The molecule has 20 heavy (non-hydrogen) atoms. The van der Waals surface area contributed by atoms with Crippen molar-refractivity contribution < 1.29 is 22.7 Å². The number of carbonyl (C=O) groups is 1. The Balaban J connectivity index is 2.09. The summed E-state index contributed by atoms with van der Waals surface area (Å²) in [6, 6.07) is 0. The van der Waals surface area contributed by atoms with Gasteiger partial charge in [-0.3, -0.25) is 0 Å². The number of rotatable bonds is 2. The summed E-state index contributed by atoms with van der Waals surface area (Å²) in [5.41, 5.74) is 0.0284. The fourth-order valence-corrected chi connectivity index (χ4v) is 2.15. The van der Waals surface area contributed by atoms with Gasteiger partial charge in [-0.1, -0.05) is 0 Å². The van der Waals surface area contributed by atoms with Gasteiger partial charge >= 0.3 is 12.1 Å². The number of hydrogen-bond donors (Lipinski definition) is 0. The van der Waals surface area contributed by atoms with Crippen molar-refractivity contribution in [3.05, 3.63) is 18.1 Å². The normalized spacial score (nSPS) is 19.8. The number of nitrogens with zero attached hydrogens (tertiary/aromatic N) is 3. The van der Waals surface area contributed by atoms with Crippen LogP contribution in [0.4, 0.5) is 19.0 Å². The Morgan fingerprint density at radius 2 is 2.15 bits per heavy atom. The van der Waals surface area contributed by atoms with Crippen LogP contribution in [-0.2, 0) is 4.74 Å². The summed E-state index contributed by atoms with van der Waals surface area (Å²) in [4.78, 5) is 20.6. The van der Waals surface area contributed by atoms with Gasteiger partial charge in [0.1, 0.15) is 5.82 Å². The van der Waals surface area contributed by atoms with E-state index in [2.05, 4.69) is 14.7 Å². The topological polar surface area (TPSA) is 55.3 Å². The summed E-state index contributed by atoms with van der Waals surface area (Å²) in [5, 5.41) is 0. The van der Waals surface area contributed by atoms with E-state index in [-0.39, 0.29) is 18.7 Å². The monoisotopic (exact) mass is 289 g/mol. The highest BCUT2D eigenvalue weighted by Crippen LogP contribution is 2.34. The van der Waals surface area contributed by atoms with Gasteiger partial charge in [-0.25, -0.2) is 14.8 Å². The molecule has 1 fully saturated rings. The Bertz CT molecular complexity index is 476. The van der Waals surface area contributed by atoms with Crippen LogP contribution < -0.4 is 4.90 Å². The van der Waals surface area contributed by atoms with Gasteiger partial charge in [-0.2, -0.15) is 13.2 Å². The first-order valence-electron chi connectivity index (χ1n) is 6.14. The minimum absolute atomic E-state index is 0.0284. The molecule has 5 nitrogen and oxygen atoms in total. The molecule has 0 N–H and O–H groups in total. The van der Waals surface area contributed by atoms with Crippen LogP contribution in [0, 0.1) is 5.92 Å². The molecule has 1 atom stereocenters. The number of methoxy groups -OCH3 is 1. The first-order chi connectivity index (χ1) is 9.41. The SMILES string of the molecule is COC(=O)c1cnc(N2CCCC(C(F)(F)F)C2)cn1. The van der Waals surface area contributed by atoms with Crippen molar-refractivity contribution in [3.8, 4) is 0 Å². The molecule has 0 bridgehead atoms. The molecule has 1 unspecified atom stereocenters. The molecule has 0 saturated carbocycles. The maximum Gasteiger partial charge on any atom is 0.393 e. The van der Waals surface area contributed by atoms with Crippen molar-refractivity contribution in [2.75, 3.05) is 25.1 Å². The lowest BCUT2D eigenvalue weighted by Gasteiger charge is -2.34. The number of esters is 1. The van der Waals surface area contributed by atoms with E-state index in [1.165, 1.54) is 24.4 Å². The van der Waals surface area contributed by atoms with Crippen LogP contribution in [0.5, 0.6) is 0 Å². The van der Waals surface area contributed by atoms with Gasteiger partial charge in [0.2, 0.25) is 0 Å². The van der Waals surface area contributed by atoms with E-state index in [1.807, 2.05) is 0 Å². The molecule has 2 rings (SSSR count). The summed E-state index contributed by atoms with van der Waals surface area (Å²) in [6.45, 7) is 0.370. The molecular weight excluding hydrogens is 275 g/mol. The number of hydrogen-bond acceptors (Lipinski definition) is 5. The van der Waals surface area contributed by atoms with Gasteiger partial charge in [-0.15, -0.1) is 0 Å². The Kier molecular flexibility index (Phi) is 4.10. The summed E-state index contributed by atoms with van der Waals surface area (Å²) in [5.74, 6) is -1.64. The Morgan fingerprint density at radius 1 is 1.40 bits per heavy atom. The number of carbonyl (C=O) groups excluding carboxylic acids is 1. The first-order valence-corrected chi connectivity index (χ1v) is 6.14. The van der Waals surface area contributed by atoms with E-state index in [0.717, 1.165) is 0 Å². The fourth-order valence-electron chi connectivity index (χ4n) is 2.15. The minimum Gasteiger partial charge on any atom is -0.464 e. The molecule has 110 valence electrons. The molecule has 1 aromatic rings. The number of halogens is 3. The Morgan fingerprint density at radius 3 is 2.70 bits per heavy atom. The maximum absolute atomic E-state index is 12.7. The van der Waals surface area contributed by atoms with E-state index in [0.29, 0.717) is 18.8 Å². The predicted octanol–water partition coefficient (Wildman–Crippen LogP) is 2.04. The standard InChI is InChI=1S/C12H14F3N3O2/c1-20-11(19)9-5-17-10(6-16-9)18-4-2-3-8(7-18)12(13,14)15/h5-6,8H,2-4,7H2,1H3. The highest BCUT2D eigenvalue weighted by atomic mass is 19.4. The fraction of sp³-hybridized carbons (Fsp3) is 0.583. The van der Waals surface area contributed by atoms with Crippen molar-refractivity contribution in [1.82, 2.24) is 9.97 Å². The van der Waals surface area contributed by atoms with Gasteiger partial charge in [0.15, 0.2) is 5.69 Å². The number of anilines is 1. The molecule has 1 aliphatic heterocycles. The van der Waals surface area contributed by atoms with Gasteiger partial charge in [0, 0.05) is 13.1 Å².